The van der Waals surface area contributed by atoms with Gasteiger partial charge in [-0.15, -0.1) is 0 Å². The summed E-state index contributed by atoms with van der Waals surface area (Å²) in [5.41, 5.74) is 0.520. The van der Waals surface area contributed by atoms with Crippen LogP contribution in [0.5, 0.6) is 0 Å². The third kappa shape index (κ3) is 3.79. The number of carbonyl (C=O) groups excluding carboxylic acids is 1. The Kier molecular flexibility index (Phi) is 5.12. The topological polar surface area (TPSA) is 60.2 Å². The van der Waals surface area contributed by atoms with E-state index in [0.717, 1.165) is 32.1 Å². The van der Waals surface area contributed by atoms with E-state index < -0.39 is 5.92 Å². The van der Waals surface area contributed by atoms with Crippen LogP contribution < -0.4 is 0 Å². The lowest BCUT2D eigenvalue weighted by molar-refractivity contribution is -0.487. The molecule has 1 fully saturated rings. The van der Waals surface area contributed by atoms with E-state index in [-0.39, 0.29) is 23.2 Å². The van der Waals surface area contributed by atoms with Crippen LogP contribution in [-0.4, -0.2) is 17.3 Å². The van der Waals surface area contributed by atoms with Gasteiger partial charge in [-0.1, -0.05) is 30.9 Å². The van der Waals surface area contributed by atoms with Crippen molar-refractivity contribution in [1.29, 1.82) is 0 Å². The molecule has 108 valence electrons. The number of rotatable bonds is 5. The molecule has 0 N–H and O–H groups in total. The molecule has 0 spiro atoms. The fourth-order valence-electron chi connectivity index (χ4n) is 2.97. The molecule has 1 aliphatic carbocycles. The van der Waals surface area contributed by atoms with E-state index in [0.29, 0.717) is 10.6 Å². The van der Waals surface area contributed by atoms with Crippen LogP contribution >= 0.6 is 11.6 Å². The van der Waals surface area contributed by atoms with Crippen LogP contribution in [0, 0.1) is 22.0 Å². The van der Waals surface area contributed by atoms with Gasteiger partial charge in [-0.3, -0.25) is 14.9 Å². The minimum Gasteiger partial charge on any atom is -0.294 e. The Morgan fingerprint density at radius 3 is 2.40 bits per heavy atom. The number of Topliss-reactive ketones (excluding diaryl/α,β-unsaturated/α-hetero) is 1. The quantitative estimate of drug-likeness (QED) is 0.469. The molecule has 1 atom stereocenters. The molecule has 1 aromatic rings. The highest BCUT2D eigenvalue weighted by Gasteiger charge is 2.33. The number of nitrogens with zero attached hydrogens (tertiary/aromatic N) is 1. The van der Waals surface area contributed by atoms with Crippen molar-refractivity contribution in [1.82, 2.24) is 0 Å². The maximum atomic E-state index is 12.5. The Balaban J connectivity index is 2.18. The van der Waals surface area contributed by atoms with Gasteiger partial charge in [0.15, 0.2) is 5.78 Å². The SMILES string of the molecule is O=C(c1ccc(Cl)cc1)C(C[N+](=O)[O-])C1CCCCC1. The van der Waals surface area contributed by atoms with Crippen LogP contribution in [0.4, 0.5) is 0 Å². The van der Waals surface area contributed by atoms with Crippen LogP contribution in [0.15, 0.2) is 24.3 Å². The van der Waals surface area contributed by atoms with E-state index in [9.17, 15) is 14.9 Å². The minimum absolute atomic E-state index is 0.120. The van der Waals surface area contributed by atoms with Gasteiger partial charge in [-0.2, -0.15) is 0 Å². The first-order valence-corrected chi connectivity index (χ1v) is 7.37. The average Bonchev–Trinajstić information content (AvgIpc) is 2.45. The monoisotopic (exact) mass is 295 g/mol. The largest absolute Gasteiger partial charge is 0.294 e. The number of benzene rings is 1. The summed E-state index contributed by atoms with van der Waals surface area (Å²) >= 11 is 5.81. The van der Waals surface area contributed by atoms with Crippen molar-refractivity contribution in [3.8, 4) is 0 Å². The van der Waals surface area contributed by atoms with Gasteiger partial charge in [0.05, 0.1) is 5.92 Å². The molecule has 2 rings (SSSR count). The molecule has 1 aliphatic rings. The summed E-state index contributed by atoms with van der Waals surface area (Å²) in [5.74, 6) is -0.492. The van der Waals surface area contributed by atoms with E-state index >= 15 is 0 Å². The molecule has 4 nitrogen and oxygen atoms in total. The van der Waals surface area contributed by atoms with Gasteiger partial charge in [0.2, 0.25) is 6.54 Å². The smallest absolute Gasteiger partial charge is 0.214 e. The third-order valence-corrected chi connectivity index (χ3v) is 4.28. The zero-order valence-electron chi connectivity index (χ0n) is 11.3. The van der Waals surface area contributed by atoms with Gasteiger partial charge in [0, 0.05) is 15.5 Å². The number of hydrogen-bond acceptors (Lipinski definition) is 3. The summed E-state index contributed by atoms with van der Waals surface area (Å²) in [6.07, 6.45) is 5.12. The van der Waals surface area contributed by atoms with E-state index in [4.69, 9.17) is 11.6 Å². The maximum Gasteiger partial charge on any atom is 0.214 e. The van der Waals surface area contributed by atoms with Crippen LogP contribution in [0.1, 0.15) is 42.5 Å². The molecule has 1 aromatic carbocycles. The average molecular weight is 296 g/mol. The number of nitro groups is 1. The molecule has 0 amide bonds. The van der Waals surface area contributed by atoms with E-state index in [2.05, 4.69) is 0 Å². The first kappa shape index (κ1) is 15.0. The van der Waals surface area contributed by atoms with Gasteiger partial charge >= 0.3 is 0 Å². The van der Waals surface area contributed by atoms with Crippen molar-refractivity contribution < 1.29 is 9.72 Å². The zero-order valence-corrected chi connectivity index (χ0v) is 12.0. The highest BCUT2D eigenvalue weighted by atomic mass is 35.5. The van der Waals surface area contributed by atoms with Gasteiger partial charge in [0.1, 0.15) is 0 Å². The molecule has 0 aromatic heterocycles. The minimum atomic E-state index is -0.508. The summed E-state index contributed by atoms with van der Waals surface area (Å²) in [4.78, 5) is 23.0. The molecular formula is C15H18ClNO3. The van der Waals surface area contributed by atoms with E-state index in [1.165, 1.54) is 0 Å². The molecule has 1 saturated carbocycles. The molecule has 0 saturated heterocycles. The lowest BCUT2D eigenvalue weighted by atomic mass is 9.77. The maximum absolute atomic E-state index is 12.5. The molecule has 0 bridgehead atoms. The van der Waals surface area contributed by atoms with Crippen molar-refractivity contribution in [2.24, 2.45) is 11.8 Å². The van der Waals surface area contributed by atoms with E-state index in [1.807, 2.05) is 0 Å². The Bertz CT molecular complexity index is 480. The Morgan fingerprint density at radius 1 is 1.25 bits per heavy atom. The standard InChI is InChI=1S/C15H18ClNO3/c16-13-8-6-12(7-9-13)15(18)14(10-17(19)20)11-4-2-1-3-5-11/h6-9,11,14H,1-5,10H2. The van der Waals surface area contributed by atoms with Crippen LogP contribution in [0.25, 0.3) is 0 Å². The molecule has 5 heteroatoms. The molecule has 0 aliphatic heterocycles. The summed E-state index contributed by atoms with van der Waals surface area (Å²) in [5, 5.41) is 11.4. The van der Waals surface area contributed by atoms with Crippen molar-refractivity contribution in [3.05, 3.63) is 45.0 Å². The van der Waals surface area contributed by atoms with Crippen molar-refractivity contribution in [2.45, 2.75) is 32.1 Å². The summed E-state index contributed by atoms with van der Waals surface area (Å²) in [6.45, 7) is -0.272. The van der Waals surface area contributed by atoms with Crippen molar-refractivity contribution in [2.75, 3.05) is 6.54 Å². The fourth-order valence-corrected chi connectivity index (χ4v) is 3.10. The Morgan fingerprint density at radius 2 is 1.85 bits per heavy atom. The number of carbonyl (C=O) groups is 1. The normalized spacial score (nSPS) is 17.6. The number of halogens is 1. The lowest BCUT2D eigenvalue weighted by Gasteiger charge is -2.26. The summed E-state index contributed by atoms with van der Waals surface area (Å²) < 4.78 is 0. The zero-order chi connectivity index (χ0) is 14.5. The Hall–Kier alpha value is -1.42. The fraction of sp³-hybridized carbons (Fsp3) is 0.533. The summed E-state index contributed by atoms with van der Waals surface area (Å²) in [6, 6.07) is 6.61. The third-order valence-electron chi connectivity index (χ3n) is 4.03. The van der Waals surface area contributed by atoms with Gasteiger partial charge in [0.25, 0.3) is 0 Å². The molecule has 1 unspecified atom stereocenters. The highest BCUT2D eigenvalue weighted by molar-refractivity contribution is 6.30. The van der Waals surface area contributed by atoms with Gasteiger partial charge in [-0.25, -0.2) is 0 Å². The van der Waals surface area contributed by atoms with Crippen LogP contribution in [0.3, 0.4) is 0 Å². The molecule has 0 heterocycles. The van der Waals surface area contributed by atoms with Gasteiger partial charge < -0.3 is 0 Å². The lowest BCUT2D eigenvalue weighted by Crippen LogP contribution is -2.32. The molecule has 20 heavy (non-hydrogen) atoms. The first-order chi connectivity index (χ1) is 9.58. The van der Waals surface area contributed by atoms with Crippen molar-refractivity contribution in [3.63, 3.8) is 0 Å². The second-order valence-electron chi connectivity index (χ2n) is 5.39. The second-order valence-corrected chi connectivity index (χ2v) is 5.83. The number of ketones is 1. The van der Waals surface area contributed by atoms with Gasteiger partial charge in [-0.05, 0) is 43.0 Å². The van der Waals surface area contributed by atoms with Crippen LogP contribution in [0.2, 0.25) is 5.02 Å². The predicted molar refractivity (Wildman–Crippen MR) is 77.7 cm³/mol. The first-order valence-electron chi connectivity index (χ1n) is 6.99. The van der Waals surface area contributed by atoms with Crippen molar-refractivity contribution >= 4 is 17.4 Å². The van der Waals surface area contributed by atoms with E-state index in [1.54, 1.807) is 24.3 Å². The number of hydrogen-bond donors (Lipinski definition) is 0. The molecular weight excluding hydrogens is 278 g/mol. The second kappa shape index (κ2) is 6.84. The highest BCUT2D eigenvalue weighted by Crippen LogP contribution is 2.32. The Labute approximate surface area is 123 Å². The molecule has 0 radical (unpaired) electrons. The summed E-state index contributed by atoms with van der Waals surface area (Å²) in [7, 11) is 0. The predicted octanol–water partition coefficient (Wildman–Crippen LogP) is 4.00. The van der Waals surface area contributed by atoms with Crippen LogP contribution in [-0.2, 0) is 0 Å².